The van der Waals surface area contributed by atoms with Crippen LogP contribution in [0.4, 0.5) is 0 Å². The molecule has 3 heteroatoms. The monoisotopic (exact) mass is 267 g/mol. The number of rotatable bonds is 5. The Bertz CT molecular complexity index is 380. The summed E-state index contributed by atoms with van der Waals surface area (Å²) in [5.41, 5.74) is 2.68. The minimum absolute atomic E-state index is 0.133. The first-order valence-corrected chi connectivity index (χ1v) is 7.48. The first-order valence-electron chi connectivity index (χ1n) is 5.92. The standard InChI is InChI=1S/C14H21NS2/c1-11(16)10-17-8-6-12-5-7-15-13(9-12)14(2,3)4/h5,7,9H,6,8,10H2,1-4H3. The van der Waals surface area contributed by atoms with E-state index in [0.29, 0.717) is 0 Å². The summed E-state index contributed by atoms with van der Waals surface area (Å²) in [6.45, 7) is 8.60. The van der Waals surface area contributed by atoms with Gasteiger partial charge >= 0.3 is 0 Å². The fraction of sp³-hybridized carbons (Fsp3) is 0.571. The van der Waals surface area contributed by atoms with Crippen LogP contribution in [0.15, 0.2) is 18.3 Å². The molecule has 0 aliphatic carbocycles. The van der Waals surface area contributed by atoms with Gasteiger partial charge in [-0.25, -0.2) is 0 Å². The van der Waals surface area contributed by atoms with Crippen LogP contribution in [0.3, 0.4) is 0 Å². The predicted octanol–water partition coefficient (Wildman–Crippen LogP) is 4.04. The largest absolute Gasteiger partial charge is 0.261 e. The van der Waals surface area contributed by atoms with Crippen molar-refractivity contribution >= 4 is 28.8 Å². The van der Waals surface area contributed by atoms with E-state index in [9.17, 15) is 0 Å². The maximum absolute atomic E-state index is 5.06. The summed E-state index contributed by atoms with van der Waals surface area (Å²) in [7, 11) is 0. The average molecular weight is 267 g/mol. The molecule has 1 rings (SSSR count). The summed E-state index contributed by atoms with van der Waals surface area (Å²) in [6.07, 6.45) is 3.02. The fourth-order valence-corrected chi connectivity index (χ4v) is 2.51. The van der Waals surface area contributed by atoms with Crippen LogP contribution in [0.2, 0.25) is 0 Å². The van der Waals surface area contributed by atoms with Crippen LogP contribution in [0.25, 0.3) is 0 Å². The van der Waals surface area contributed by atoms with Crippen molar-refractivity contribution in [2.24, 2.45) is 0 Å². The fourth-order valence-electron chi connectivity index (χ4n) is 1.45. The zero-order chi connectivity index (χ0) is 12.9. The average Bonchev–Trinajstić information content (AvgIpc) is 2.23. The maximum atomic E-state index is 5.06. The molecule has 0 aromatic carbocycles. The Morgan fingerprint density at radius 2 is 2.12 bits per heavy atom. The number of nitrogens with zero attached hydrogens (tertiary/aromatic N) is 1. The minimum atomic E-state index is 0.133. The van der Waals surface area contributed by atoms with Gasteiger partial charge in [0, 0.05) is 23.1 Å². The summed E-state index contributed by atoms with van der Waals surface area (Å²) in [5, 5.41) is 0. The van der Waals surface area contributed by atoms with E-state index in [1.807, 2.05) is 24.9 Å². The van der Waals surface area contributed by atoms with Crippen molar-refractivity contribution < 1.29 is 0 Å². The van der Waals surface area contributed by atoms with Crippen molar-refractivity contribution in [3.8, 4) is 0 Å². The van der Waals surface area contributed by atoms with Gasteiger partial charge in [-0.2, -0.15) is 11.8 Å². The van der Waals surface area contributed by atoms with Gasteiger partial charge in [-0.05, 0) is 41.7 Å². The van der Waals surface area contributed by atoms with Gasteiger partial charge in [-0.3, -0.25) is 4.98 Å². The highest BCUT2D eigenvalue weighted by Gasteiger charge is 2.15. The Morgan fingerprint density at radius 1 is 1.41 bits per heavy atom. The van der Waals surface area contributed by atoms with E-state index < -0.39 is 0 Å². The van der Waals surface area contributed by atoms with Crippen molar-refractivity contribution in [3.05, 3.63) is 29.6 Å². The molecule has 17 heavy (non-hydrogen) atoms. The van der Waals surface area contributed by atoms with E-state index in [0.717, 1.165) is 22.8 Å². The third-order valence-corrected chi connectivity index (χ3v) is 3.89. The lowest BCUT2D eigenvalue weighted by atomic mass is 9.90. The molecule has 0 fully saturated rings. The second-order valence-electron chi connectivity index (χ2n) is 5.30. The van der Waals surface area contributed by atoms with Gasteiger partial charge in [-0.15, -0.1) is 0 Å². The molecule has 1 heterocycles. The lowest BCUT2D eigenvalue weighted by molar-refractivity contribution is 0.568. The number of aryl methyl sites for hydroxylation is 1. The molecule has 0 saturated carbocycles. The van der Waals surface area contributed by atoms with Crippen LogP contribution in [-0.4, -0.2) is 21.4 Å². The minimum Gasteiger partial charge on any atom is -0.261 e. The third-order valence-electron chi connectivity index (χ3n) is 2.43. The highest BCUT2D eigenvalue weighted by molar-refractivity contribution is 8.01. The van der Waals surface area contributed by atoms with Gasteiger partial charge in [0.15, 0.2) is 0 Å². The second kappa shape index (κ2) is 6.50. The molecule has 0 N–H and O–H groups in total. The maximum Gasteiger partial charge on any atom is 0.0459 e. The normalized spacial score (nSPS) is 11.5. The number of hydrogen-bond acceptors (Lipinski definition) is 3. The Labute approximate surface area is 114 Å². The van der Waals surface area contributed by atoms with Crippen molar-refractivity contribution in [1.82, 2.24) is 4.98 Å². The van der Waals surface area contributed by atoms with Crippen molar-refractivity contribution in [2.45, 2.75) is 39.5 Å². The van der Waals surface area contributed by atoms with Crippen LogP contribution in [-0.2, 0) is 11.8 Å². The molecule has 0 amide bonds. The summed E-state index contributed by atoms with van der Waals surface area (Å²) in [5.74, 6) is 2.12. The van der Waals surface area contributed by atoms with E-state index in [4.69, 9.17) is 12.2 Å². The smallest absolute Gasteiger partial charge is 0.0459 e. The molecule has 0 aliphatic rings. The molecule has 1 nitrogen and oxygen atoms in total. The molecule has 0 atom stereocenters. The molecular weight excluding hydrogens is 246 g/mol. The first kappa shape index (κ1) is 14.7. The van der Waals surface area contributed by atoms with Crippen molar-refractivity contribution in [1.29, 1.82) is 0 Å². The molecule has 0 radical (unpaired) electrons. The Balaban J connectivity index is 2.52. The van der Waals surface area contributed by atoms with Crippen molar-refractivity contribution in [3.63, 3.8) is 0 Å². The number of aromatic nitrogens is 1. The topological polar surface area (TPSA) is 12.9 Å². The Hall–Kier alpha value is -0.410. The van der Waals surface area contributed by atoms with Gasteiger partial charge in [0.2, 0.25) is 0 Å². The third kappa shape index (κ3) is 5.64. The van der Waals surface area contributed by atoms with Gasteiger partial charge < -0.3 is 0 Å². The van der Waals surface area contributed by atoms with Gasteiger partial charge in [0.1, 0.15) is 0 Å². The van der Waals surface area contributed by atoms with Gasteiger partial charge in [-0.1, -0.05) is 33.0 Å². The molecule has 0 saturated heterocycles. The van der Waals surface area contributed by atoms with E-state index in [2.05, 4.69) is 37.9 Å². The lowest BCUT2D eigenvalue weighted by Gasteiger charge is -2.18. The van der Waals surface area contributed by atoms with E-state index in [-0.39, 0.29) is 5.41 Å². The van der Waals surface area contributed by atoms with Crippen LogP contribution in [0.5, 0.6) is 0 Å². The highest BCUT2D eigenvalue weighted by Crippen LogP contribution is 2.21. The number of hydrogen-bond donors (Lipinski definition) is 0. The van der Waals surface area contributed by atoms with E-state index in [1.54, 1.807) is 0 Å². The summed E-state index contributed by atoms with van der Waals surface area (Å²) in [4.78, 5) is 5.52. The van der Waals surface area contributed by atoms with Crippen molar-refractivity contribution in [2.75, 3.05) is 11.5 Å². The number of pyridine rings is 1. The van der Waals surface area contributed by atoms with Crippen LogP contribution < -0.4 is 0 Å². The van der Waals surface area contributed by atoms with Gasteiger partial charge in [0.25, 0.3) is 0 Å². The first-order chi connectivity index (χ1) is 7.89. The zero-order valence-electron chi connectivity index (χ0n) is 11.1. The van der Waals surface area contributed by atoms with E-state index >= 15 is 0 Å². The highest BCUT2D eigenvalue weighted by atomic mass is 32.2. The SMILES string of the molecule is CC(=S)CSCCc1ccnc(C(C)(C)C)c1. The molecular formula is C14H21NS2. The summed E-state index contributed by atoms with van der Waals surface area (Å²) in [6, 6.07) is 4.34. The number of thiocarbonyl (C=S) groups is 1. The molecule has 0 unspecified atom stereocenters. The summed E-state index contributed by atoms with van der Waals surface area (Å²) >= 11 is 6.97. The van der Waals surface area contributed by atoms with Crippen LogP contribution in [0.1, 0.15) is 39.0 Å². The van der Waals surface area contributed by atoms with E-state index in [1.165, 1.54) is 11.3 Å². The van der Waals surface area contributed by atoms with Crippen LogP contribution >= 0.6 is 24.0 Å². The predicted molar refractivity (Wildman–Crippen MR) is 82.2 cm³/mol. The van der Waals surface area contributed by atoms with Gasteiger partial charge in [0.05, 0.1) is 0 Å². The Morgan fingerprint density at radius 3 is 2.71 bits per heavy atom. The molecule has 0 bridgehead atoms. The molecule has 0 aliphatic heterocycles. The molecule has 1 aromatic heterocycles. The quantitative estimate of drug-likeness (QED) is 0.590. The molecule has 0 spiro atoms. The zero-order valence-corrected chi connectivity index (χ0v) is 12.8. The second-order valence-corrected chi connectivity index (χ2v) is 7.11. The molecule has 94 valence electrons. The summed E-state index contributed by atoms with van der Waals surface area (Å²) < 4.78 is 0. The number of thioether (sulfide) groups is 1. The molecule has 1 aromatic rings. The van der Waals surface area contributed by atoms with Crippen LogP contribution in [0, 0.1) is 0 Å². The lowest BCUT2D eigenvalue weighted by Crippen LogP contribution is -2.13. The Kier molecular flexibility index (Phi) is 5.60.